The van der Waals surface area contributed by atoms with Crippen LogP contribution in [0.3, 0.4) is 0 Å². The monoisotopic (exact) mass is 472 g/mol. The van der Waals surface area contributed by atoms with Gasteiger partial charge in [-0.1, -0.05) is 30.3 Å². The molecule has 9 heteroatoms. The van der Waals surface area contributed by atoms with Crippen molar-refractivity contribution in [2.24, 2.45) is 0 Å². The van der Waals surface area contributed by atoms with Crippen molar-refractivity contribution in [1.29, 1.82) is 0 Å². The number of hydrogen-bond acceptors (Lipinski definition) is 6. The highest BCUT2D eigenvalue weighted by molar-refractivity contribution is 7.80. The molecule has 8 nitrogen and oxygen atoms in total. The number of hydrogen-bond donors (Lipinski definition) is 1. The molecule has 0 saturated carbocycles. The Morgan fingerprint density at radius 3 is 2.68 bits per heavy atom. The second-order valence-electron chi connectivity index (χ2n) is 7.68. The van der Waals surface area contributed by atoms with Gasteiger partial charge in [0.2, 0.25) is 0 Å². The molecule has 2 atom stereocenters. The summed E-state index contributed by atoms with van der Waals surface area (Å²) in [4.78, 5) is 17.3. The molecule has 2 aromatic heterocycles. The van der Waals surface area contributed by atoms with Crippen molar-refractivity contribution in [3.05, 3.63) is 107 Å². The highest BCUT2D eigenvalue weighted by Crippen LogP contribution is 2.45. The third kappa shape index (κ3) is 3.86. The van der Waals surface area contributed by atoms with Crippen LogP contribution >= 0.6 is 12.2 Å². The fourth-order valence-electron chi connectivity index (χ4n) is 4.17. The van der Waals surface area contributed by atoms with E-state index in [2.05, 4.69) is 10.3 Å². The number of para-hydroxylation sites is 2. The van der Waals surface area contributed by atoms with Gasteiger partial charge in [0.25, 0.3) is 5.69 Å². The Kier molecular flexibility index (Phi) is 5.69. The lowest BCUT2D eigenvalue weighted by Gasteiger charge is -2.27. The van der Waals surface area contributed by atoms with E-state index in [0.29, 0.717) is 27.9 Å². The topological polar surface area (TPSA) is 93.7 Å². The van der Waals surface area contributed by atoms with Crippen molar-refractivity contribution in [3.63, 3.8) is 0 Å². The molecular weight excluding hydrogens is 452 g/mol. The summed E-state index contributed by atoms with van der Waals surface area (Å²) in [5, 5.41) is 15.1. The normalized spacial score (nSPS) is 17.4. The van der Waals surface area contributed by atoms with Gasteiger partial charge in [0.15, 0.2) is 5.11 Å². The number of methoxy groups -OCH3 is 1. The largest absolute Gasteiger partial charge is 0.495 e. The molecule has 3 heterocycles. The first kappa shape index (κ1) is 21.6. The van der Waals surface area contributed by atoms with Crippen LogP contribution < -0.4 is 15.0 Å². The molecule has 1 saturated heterocycles. The van der Waals surface area contributed by atoms with Crippen molar-refractivity contribution >= 4 is 28.7 Å². The summed E-state index contributed by atoms with van der Waals surface area (Å²) in [6, 6.07) is 22.7. The maximum absolute atomic E-state index is 11.2. The Balaban J connectivity index is 1.61. The molecule has 170 valence electrons. The average Bonchev–Trinajstić information content (AvgIpc) is 3.49. The summed E-state index contributed by atoms with van der Waals surface area (Å²) < 4.78 is 11.9. The maximum atomic E-state index is 11.2. The highest BCUT2D eigenvalue weighted by atomic mass is 32.1. The van der Waals surface area contributed by atoms with Crippen LogP contribution in [0.1, 0.15) is 23.5 Å². The Bertz CT molecular complexity index is 1360. The zero-order valence-electron chi connectivity index (χ0n) is 18.1. The number of non-ortho nitro benzene ring substituents is 1. The van der Waals surface area contributed by atoms with Crippen molar-refractivity contribution in [2.75, 3.05) is 12.0 Å². The summed E-state index contributed by atoms with van der Waals surface area (Å²) >= 11 is 5.75. The zero-order valence-corrected chi connectivity index (χ0v) is 18.9. The van der Waals surface area contributed by atoms with Crippen molar-refractivity contribution in [3.8, 4) is 17.1 Å². The van der Waals surface area contributed by atoms with Gasteiger partial charge in [-0.25, -0.2) is 0 Å². The van der Waals surface area contributed by atoms with E-state index in [-0.39, 0.29) is 17.8 Å². The number of anilines is 1. The number of aromatic nitrogens is 1. The molecule has 0 radical (unpaired) electrons. The molecule has 0 unspecified atom stereocenters. The van der Waals surface area contributed by atoms with Gasteiger partial charge >= 0.3 is 0 Å². The fraction of sp³-hybridized carbons (Fsp3) is 0.120. The first-order chi connectivity index (χ1) is 16.6. The smallest absolute Gasteiger partial charge is 0.270 e. The molecule has 1 aliphatic rings. The molecule has 0 spiro atoms. The van der Waals surface area contributed by atoms with Crippen LogP contribution in [0.15, 0.2) is 89.5 Å². The van der Waals surface area contributed by atoms with Gasteiger partial charge in [-0.3, -0.25) is 15.1 Å². The van der Waals surface area contributed by atoms with Crippen molar-refractivity contribution in [2.45, 2.75) is 12.1 Å². The molecule has 0 amide bonds. The molecule has 34 heavy (non-hydrogen) atoms. The van der Waals surface area contributed by atoms with Crippen LogP contribution in [-0.4, -0.2) is 22.1 Å². The third-order valence-electron chi connectivity index (χ3n) is 5.70. The Labute approximate surface area is 201 Å². The zero-order chi connectivity index (χ0) is 23.7. The van der Waals surface area contributed by atoms with Crippen molar-refractivity contribution < 1.29 is 14.1 Å². The van der Waals surface area contributed by atoms with E-state index in [1.54, 1.807) is 25.4 Å². The number of ether oxygens (including phenoxy) is 1. The van der Waals surface area contributed by atoms with E-state index >= 15 is 0 Å². The van der Waals surface area contributed by atoms with Crippen LogP contribution in [0, 0.1) is 10.1 Å². The summed E-state index contributed by atoms with van der Waals surface area (Å²) in [5.41, 5.74) is 2.22. The number of pyridine rings is 1. The maximum Gasteiger partial charge on any atom is 0.270 e. The summed E-state index contributed by atoms with van der Waals surface area (Å²) in [7, 11) is 1.62. The van der Waals surface area contributed by atoms with E-state index in [9.17, 15) is 10.1 Å². The van der Waals surface area contributed by atoms with Gasteiger partial charge < -0.3 is 19.4 Å². The van der Waals surface area contributed by atoms with Gasteiger partial charge in [0.05, 0.1) is 29.5 Å². The summed E-state index contributed by atoms with van der Waals surface area (Å²) in [5.74, 6) is 1.83. The number of thiocarbonyl (C=S) groups is 1. The van der Waals surface area contributed by atoms with Gasteiger partial charge in [0, 0.05) is 23.9 Å². The second-order valence-corrected chi connectivity index (χ2v) is 8.06. The number of nitro groups is 1. The molecular formula is C25H20N4O4S. The number of nitrogens with zero attached hydrogens (tertiary/aromatic N) is 3. The number of nitrogens with one attached hydrogen (secondary N) is 1. The molecule has 0 aliphatic carbocycles. The van der Waals surface area contributed by atoms with Crippen LogP contribution in [0.5, 0.6) is 5.75 Å². The van der Waals surface area contributed by atoms with Crippen molar-refractivity contribution in [1.82, 2.24) is 10.3 Å². The van der Waals surface area contributed by atoms with Gasteiger partial charge in [-0.2, -0.15) is 0 Å². The fourth-order valence-corrected chi connectivity index (χ4v) is 4.51. The predicted octanol–water partition coefficient (Wildman–Crippen LogP) is 5.44. The second kappa shape index (κ2) is 8.95. The van der Waals surface area contributed by atoms with Gasteiger partial charge in [-0.15, -0.1) is 0 Å². The molecule has 0 bridgehead atoms. The van der Waals surface area contributed by atoms with Crippen LogP contribution in [0.4, 0.5) is 11.4 Å². The van der Waals surface area contributed by atoms with Crippen LogP contribution in [0.2, 0.25) is 0 Å². The van der Waals surface area contributed by atoms with Crippen LogP contribution in [0.25, 0.3) is 11.3 Å². The Hall–Kier alpha value is -4.24. The minimum absolute atomic E-state index is 0.00108. The first-order valence-corrected chi connectivity index (χ1v) is 11.0. The average molecular weight is 473 g/mol. The molecule has 4 aromatic rings. The lowest BCUT2D eigenvalue weighted by atomic mass is 10.0. The van der Waals surface area contributed by atoms with E-state index < -0.39 is 4.92 Å². The number of furan rings is 1. The molecule has 1 fully saturated rings. The quantitative estimate of drug-likeness (QED) is 0.225. The van der Waals surface area contributed by atoms with E-state index in [0.717, 1.165) is 11.4 Å². The van der Waals surface area contributed by atoms with Gasteiger partial charge in [-0.05, 0) is 48.6 Å². The number of benzene rings is 2. The van der Waals surface area contributed by atoms with Crippen LogP contribution in [-0.2, 0) is 0 Å². The minimum Gasteiger partial charge on any atom is -0.495 e. The predicted molar refractivity (Wildman–Crippen MR) is 132 cm³/mol. The number of nitro benzene ring substituents is 1. The third-order valence-corrected chi connectivity index (χ3v) is 6.02. The minimum atomic E-state index is -0.423. The Morgan fingerprint density at radius 1 is 1.09 bits per heavy atom. The lowest BCUT2D eigenvalue weighted by molar-refractivity contribution is -0.384. The van der Waals surface area contributed by atoms with E-state index in [1.165, 1.54) is 12.1 Å². The Morgan fingerprint density at radius 2 is 1.91 bits per heavy atom. The molecule has 1 N–H and O–H groups in total. The standard InChI is InChI=1S/C25H20N4O4S/c1-32-21-11-3-2-10-19(21)28-24(23(27-25(28)34)18-9-4-5-14-26-18)22-13-12-20(33-22)16-7-6-8-17(15-16)29(30)31/h2-15,23-24H,1H3,(H,27,34)/t23-,24-/m0/s1. The summed E-state index contributed by atoms with van der Waals surface area (Å²) in [6.07, 6.45) is 1.74. The molecule has 5 rings (SSSR count). The van der Waals surface area contributed by atoms with E-state index in [4.69, 9.17) is 21.4 Å². The molecule has 2 aromatic carbocycles. The summed E-state index contributed by atoms with van der Waals surface area (Å²) in [6.45, 7) is 0. The van der Waals surface area contributed by atoms with E-state index in [1.807, 2.05) is 59.5 Å². The SMILES string of the molecule is COc1ccccc1N1C(=S)N[C@@H](c2ccccn2)[C@@H]1c1ccc(-c2cccc([N+](=O)[O-])c2)o1. The lowest BCUT2D eigenvalue weighted by Crippen LogP contribution is -2.29. The molecule has 1 aliphatic heterocycles. The van der Waals surface area contributed by atoms with Gasteiger partial charge in [0.1, 0.15) is 23.3 Å². The number of rotatable bonds is 6. The first-order valence-electron chi connectivity index (χ1n) is 10.5. The highest BCUT2D eigenvalue weighted by Gasteiger charge is 2.43.